The van der Waals surface area contributed by atoms with E-state index >= 15 is 0 Å². The number of hydrogen-bond donors (Lipinski definition) is 0. The normalized spacial score (nSPS) is 20.9. The van der Waals surface area contributed by atoms with E-state index in [1.165, 1.54) is 23.5 Å². The third-order valence-corrected chi connectivity index (χ3v) is 5.46. The lowest BCUT2D eigenvalue weighted by atomic mass is 9.91. The molecule has 0 N–H and O–H groups in total. The number of piperidine rings is 1. The Bertz CT molecular complexity index is 757. The van der Waals surface area contributed by atoms with Crippen molar-refractivity contribution in [1.29, 1.82) is 0 Å². The van der Waals surface area contributed by atoms with Gasteiger partial charge in [-0.2, -0.15) is 0 Å². The van der Waals surface area contributed by atoms with Crippen LogP contribution in [0.5, 0.6) is 0 Å². The number of aromatic nitrogens is 1. The van der Waals surface area contributed by atoms with Gasteiger partial charge < -0.3 is 9.69 Å². The molecule has 6 heteroatoms. The second kappa shape index (κ2) is 6.81. The first-order chi connectivity index (χ1) is 11.5. The van der Waals surface area contributed by atoms with Gasteiger partial charge in [-0.25, -0.2) is 9.37 Å². The van der Waals surface area contributed by atoms with Gasteiger partial charge in [0.15, 0.2) is 0 Å². The Balaban J connectivity index is 1.98. The second-order valence-corrected chi connectivity index (χ2v) is 7.37. The number of halogens is 1. The topological polar surface area (TPSA) is 50.3 Å². The van der Waals surface area contributed by atoms with Crippen molar-refractivity contribution in [2.24, 2.45) is 5.92 Å². The number of hydrogen-bond acceptors (Lipinski definition) is 4. The van der Waals surface area contributed by atoms with Crippen molar-refractivity contribution in [2.75, 3.05) is 6.54 Å². The Morgan fingerprint density at radius 1 is 1.38 bits per heavy atom. The lowest BCUT2D eigenvalue weighted by Gasteiger charge is -2.36. The molecule has 2 aromatic rings. The van der Waals surface area contributed by atoms with Crippen LogP contribution in [0, 0.1) is 18.7 Å². The molecule has 1 amide bonds. The number of aryl methyl sites for hydroxylation is 1. The molecule has 0 spiro atoms. The predicted octanol–water partition coefficient (Wildman–Crippen LogP) is 3.70. The summed E-state index contributed by atoms with van der Waals surface area (Å²) in [4.78, 5) is 31.2. The molecule has 1 fully saturated rings. The summed E-state index contributed by atoms with van der Waals surface area (Å²) in [5, 5.41) is 0.769. The van der Waals surface area contributed by atoms with Crippen LogP contribution in [-0.4, -0.2) is 34.7 Å². The molecule has 4 nitrogen and oxygen atoms in total. The Morgan fingerprint density at radius 3 is 2.75 bits per heavy atom. The van der Waals surface area contributed by atoms with E-state index in [4.69, 9.17) is 0 Å². The van der Waals surface area contributed by atoms with E-state index in [1.807, 2.05) is 13.8 Å². The highest BCUT2D eigenvalue weighted by atomic mass is 32.1. The number of thiazole rings is 1. The van der Waals surface area contributed by atoms with Crippen LogP contribution < -0.4 is 0 Å². The molecule has 2 heterocycles. The molecule has 3 rings (SSSR count). The molecule has 1 aromatic carbocycles. The maximum atomic E-state index is 13.2. The van der Waals surface area contributed by atoms with Gasteiger partial charge in [0.05, 0.1) is 15.9 Å². The number of likely N-dealkylation sites (tertiary alicyclic amines) is 1. The average Bonchev–Trinajstić information content (AvgIpc) is 2.96. The van der Waals surface area contributed by atoms with Crippen molar-refractivity contribution in [3.05, 3.63) is 40.8 Å². The van der Waals surface area contributed by atoms with Gasteiger partial charge >= 0.3 is 0 Å². The first kappa shape index (κ1) is 16.8. The molecule has 1 aliphatic rings. The summed E-state index contributed by atoms with van der Waals surface area (Å²) in [6, 6.07) is 5.63. The van der Waals surface area contributed by atoms with Gasteiger partial charge in [0.2, 0.25) is 0 Å². The van der Waals surface area contributed by atoms with Gasteiger partial charge in [-0.1, -0.05) is 19.1 Å². The van der Waals surface area contributed by atoms with Crippen molar-refractivity contribution in [2.45, 2.75) is 32.7 Å². The average molecular weight is 346 g/mol. The quantitative estimate of drug-likeness (QED) is 0.796. The van der Waals surface area contributed by atoms with E-state index in [-0.39, 0.29) is 17.6 Å². The van der Waals surface area contributed by atoms with Gasteiger partial charge in [0, 0.05) is 6.54 Å². The van der Waals surface area contributed by atoms with Gasteiger partial charge in [-0.3, -0.25) is 4.79 Å². The maximum absolute atomic E-state index is 13.2. The SMILES string of the molecule is Cc1nc(C(=O)N2CCC[C@H](C)[C@@H]2C=O)c(-c2ccc(F)cc2)s1. The van der Waals surface area contributed by atoms with Crippen LogP contribution in [0.25, 0.3) is 10.4 Å². The number of nitrogens with zero attached hydrogens (tertiary/aromatic N) is 2. The van der Waals surface area contributed by atoms with E-state index in [2.05, 4.69) is 4.98 Å². The Kier molecular flexibility index (Phi) is 4.76. The van der Waals surface area contributed by atoms with Crippen molar-refractivity contribution in [3.63, 3.8) is 0 Å². The largest absolute Gasteiger partial charge is 0.327 e. The first-order valence-electron chi connectivity index (χ1n) is 8.01. The molecule has 1 aliphatic heterocycles. The van der Waals surface area contributed by atoms with Crippen LogP contribution in [0.15, 0.2) is 24.3 Å². The minimum absolute atomic E-state index is 0.147. The van der Waals surface area contributed by atoms with Crippen LogP contribution in [0.2, 0.25) is 0 Å². The molecule has 24 heavy (non-hydrogen) atoms. The van der Waals surface area contributed by atoms with Crippen LogP contribution in [0.1, 0.15) is 35.3 Å². The molecule has 0 unspecified atom stereocenters. The Morgan fingerprint density at radius 2 is 2.08 bits per heavy atom. The smallest absolute Gasteiger partial charge is 0.274 e. The molecule has 1 aromatic heterocycles. The maximum Gasteiger partial charge on any atom is 0.274 e. The van der Waals surface area contributed by atoms with Gasteiger partial charge in [0.1, 0.15) is 17.8 Å². The molecule has 0 aliphatic carbocycles. The summed E-state index contributed by atoms with van der Waals surface area (Å²) in [6.07, 6.45) is 2.68. The number of carbonyl (C=O) groups is 2. The molecule has 2 atom stereocenters. The highest BCUT2D eigenvalue weighted by Crippen LogP contribution is 2.33. The molecule has 0 bridgehead atoms. The number of rotatable bonds is 3. The molecular weight excluding hydrogens is 327 g/mol. The summed E-state index contributed by atoms with van der Waals surface area (Å²) in [6.45, 7) is 4.39. The van der Waals surface area contributed by atoms with Crippen LogP contribution in [0.4, 0.5) is 4.39 Å². The minimum Gasteiger partial charge on any atom is -0.327 e. The third kappa shape index (κ3) is 3.11. The van der Waals surface area contributed by atoms with Gasteiger partial charge in [-0.15, -0.1) is 11.3 Å². The van der Waals surface area contributed by atoms with Crippen LogP contribution in [-0.2, 0) is 4.79 Å². The van der Waals surface area contributed by atoms with Gasteiger partial charge in [-0.05, 0) is 43.4 Å². The zero-order valence-corrected chi connectivity index (χ0v) is 14.5. The van der Waals surface area contributed by atoms with Crippen LogP contribution >= 0.6 is 11.3 Å². The number of aldehydes is 1. The fourth-order valence-electron chi connectivity index (χ4n) is 3.16. The number of benzene rings is 1. The van der Waals surface area contributed by atoms with Crippen molar-refractivity contribution in [3.8, 4) is 10.4 Å². The minimum atomic E-state index is -0.408. The summed E-state index contributed by atoms with van der Waals surface area (Å²) < 4.78 is 13.2. The zero-order chi connectivity index (χ0) is 17.3. The highest BCUT2D eigenvalue weighted by molar-refractivity contribution is 7.15. The number of amides is 1. The fraction of sp³-hybridized carbons (Fsp3) is 0.389. The van der Waals surface area contributed by atoms with E-state index in [9.17, 15) is 14.0 Å². The van der Waals surface area contributed by atoms with Gasteiger partial charge in [0.25, 0.3) is 5.91 Å². The molecule has 1 saturated heterocycles. The zero-order valence-electron chi connectivity index (χ0n) is 13.7. The Hall–Kier alpha value is -2.08. The summed E-state index contributed by atoms with van der Waals surface area (Å²) in [7, 11) is 0. The van der Waals surface area contributed by atoms with Crippen LogP contribution in [0.3, 0.4) is 0 Å². The Labute approximate surface area is 144 Å². The lowest BCUT2D eigenvalue weighted by molar-refractivity contribution is -0.114. The summed E-state index contributed by atoms with van der Waals surface area (Å²) >= 11 is 1.41. The summed E-state index contributed by atoms with van der Waals surface area (Å²) in [5.41, 5.74) is 1.11. The monoisotopic (exact) mass is 346 g/mol. The van der Waals surface area contributed by atoms with E-state index in [0.717, 1.165) is 34.6 Å². The fourth-order valence-corrected chi connectivity index (χ4v) is 4.08. The molecular formula is C18H19FN2O2S. The second-order valence-electron chi connectivity index (χ2n) is 6.16. The van der Waals surface area contributed by atoms with Crippen molar-refractivity contribution < 1.29 is 14.0 Å². The standard InChI is InChI=1S/C18H19FN2O2S/c1-11-4-3-9-21(15(11)10-22)18(23)16-17(24-12(2)20-16)13-5-7-14(19)8-6-13/h5-8,10-11,15H,3-4,9H2,1-2H3/t11-,15-/m0/s1. The van der Waals surface area contributed by atoms with Crippen molar-refractivity contribution >= 4 is 23.5 Å². The highest BCUT2D eigenvalue weighted by Gasteiger charge is 2.34. The predicted molar refractivity (Wildman–Crippen MR) is 91.5 cm³/mol. The van der Waals surface area contributed by atoms with E-state index < -0.39 is 6.04 Å². The molecule has 0 radical (unpaired) electrons. The van der Waals surface area contributed by atoms with E-state index in [0.29, 0.717) is 12.2 Å². The summed E-state index contributed by atoms with van der Waals surface area (Å²) in [5.74, 6) is -0.393. The third-order valence-electron chi connectivity index (χ3n) is 4.44. The molecule has 126 valence electrons. The van der Waals surface area contributed by atoms with Crippen molar-refractivity contribution in [1.82, 2.24) is 9.88 Å². The number of carbonyl (C=O) groups excluding carboxylic acids is 2. The van der Waals surface area contributed by atoms with E-state index in [1.54, 1.807) is 17.0 Å². The lowest BCUT2D eigenvalue weighted by Crippen LogP contribution is -2.48. The first-order valence-corrected chi connectivity index (χ1v) is 8.82. The molecule has 0 saturated carbocycles.